The lowest BCUT2D eigenvalue weighted by atomic mass is 10.2. The van der Waals surface area contributed by atoms with E-state index in [0.29, 0.717) is 11.0 Å². The van der Waals surface area contributed by atoms with Crippen molar-refractivity contribution in [2.24, 2.45) is 5.73 Å². The number of nitrogens with two attached hydrogens (primary N) is 1. The minimum Gasteiger partial charge on any atom is -0.389 e. The second-order valence-corrected chi connectivity index (χ2v) is 5.04. The highest BCUT2D eigenvalue weighted by Crippen LogP contribution is 2.17. The minimum atomic E-state index is 0.413. The van der Waals surface area contributed by atoms with Crippen molar-refractivity contribution in [2.45, 2.75) is 25.8 Å². The van der Waals surface area contributed by atoms with E-state index in [4.69, 9.17) is 18.0 Å². The van der Waals surface area contributed by atoms with Gasteiger partial charge in [0.2, 0.25) is 0 Å². The molecule has 3 N–H and O–H groups in total. The number of likely N-dealkylation sites (N-methyl/N-ethyl adjacent to an activating group) is 1. The van der Waals surface area contributed by atoms with E-state index < -0.39 is 0 Å². The van der Waals surface area contributed by atoms with Crippen LogP contribution in [0.2, 0.25) is 0 Å². The maximum Gasteiger partial charge on any atom is 0.126 e. The minimum absolute atomic E-state index is 0.413. The van der Waals surface area contributed by atoms with Gasteiger partial charge < -0.3 is 11.1 Å². The molecule has 1 fully saturated rings. The summed E-state index contributed by atoms with van der Waals surface area (Å²) < 4.78 is 0. The largest absolute Gasteiger partial charge is 0.389 e. The fraction of sp³-hybridized carbons (Fsp3) is 0.538. The Morgan fingerprint density at radius 1 is 1.67 bits per heavy atom. The van der Waals surface area contributed by atoms with Gasteiger partial charge in [-0.05, 0) is 38.1 Å². The van der Waals surface area contributed by atoms with Gasteiger partial charge in [0.15, 0.2) is 0 Å². The third kappa shape index (κ3) is 3.17. The number of thiocarbonyl (C=S) groups is 1. The first-order valence-corrected chi connectivity index (χ1v) is 6.85. The normalized spacial score (nSPS) is 19.9. The van der Waals surface area contributed by atoms with Crippen molar-refractivity contribution in [2.75, 3.05) is 25.0 Å². The van der Waals surface area contributed by atoms with Crippen LogP contribution in [0.5, 0.6) is 0 Å². The fourth-order valence-electron chi connectivity index (χ4n) is 2.45. The first-order chi connectivity index (χ1) is 8.70. The number of aromatic nitrogens is 1. The zero-order chi connectivity index (χ0) is 13.0. The molecule has 2 rings (SSSR count). The third-order valence-electron chi connectivity index (χ3n) is 3.47. The van der Waals surface area contributed by atoms with Crippen LogP contribution in [0.15, 0.2) is 18.3 Å². The van der Waals surface area contributed by atoms with E-state index in [1.807, 2.05) is 12.1 Å². The lowest BCUT2D eigenvalue weighted by molar-refractivity contribution is 0.277. The van der Waals surface area contributed by atoms with Crippen molar-refractivity contribution >= 4 is 23.0 Å². The highest BCUT2D eigenvalue weighted by molar-refractivity contribution is 7.80. The SMILES string of the molecule is CCN1CCCC1CNc1cc(C(N)=S)ccn1. The van der Waals surface area contributed by atoms with Crippen LogP contribution in [0.3, 0.4) is 0 Å². The molecule has 1 unspecified atom stereocenters. The molecular weight excluding hydrogens is 244 g/mol. The summed E-state index contributed by atoms with van der Waals surface area (Å²) in [6, 6.07) is 4.36. The number of pyridine rings is 1. The van der Waals surface area contributed by atoms with E-state index in [1.165, 1.54) is 19.4 Å². The Labute approximate surface area is 114 Å². The average Bonchev–Trinajstić information content (AvgIpc) is 2.84. The van der Waals surface area contributed by atoms with Gasteiger partial charge in [-0.25, -0.2) is 4.98 Å². The molecule has 1 aromatic heterocycles. The van der Waals surface area contributed by atoms with Crippen LogP contribution < -0.4 is 11.1 Å². The molecular formula is C13H20N4S. The zero-order valence-electron chi connectivity index (χ0n) is 10.7. The molecule has 2 heterocycles. The summed E-state index contributed by atoms with van der Waals surface area (Å²) in [5, 5.41) is 3.38. The summed E-state index contributed by atoms with van der Waals surface area (Å²) in [5.41, 5.74) is 6.47. The zero-order valence-corrected chi connectivity index (χ0v) is 11.5. The lowest BCUT2D eigenvalue weighted by Gasteiger charge is -2.23. The molecule has 0 aliphatic carbocycles. The van der Waals surface area contributed by atoms with Gasteiger partial charge in [0.1, 0.15) is 10.8 Å². The Morgan fingerprint density at radius 3 is 3.22 bits per heavy atom. The van der Waals surface area contributed by atoms with Gasteiger partial charge in [0.25, 0.3) is 0 Å². The first-order valence-electron chi connectivity index (χ1n) is 6.44. The Hall–Kier alpha value is -1.20. The van der Waals surface area contributed by atoms with Crippen LogP contribution >= 0.6 is 12.2 Å². The van der Waals surface area contributed by atoms with Crippen molar-refractivity contribution < 1.29 is 0 Å². The molecule has 1 saturated heterocycles. The van der Waals surface area contributed by atoms with Crippen LogP contribution in [0.1, 0.15) is 25.3 Å². The second-order valence-electron chi connectivity index (χ2n) is 4.60. The number of nitrogens with one attached hydrogen (secondary N) is 1. The van der Waals surface area contributed by atoms with Crippen molar-refractivity contribution in [1.29, 1.82) is 0 Å². The number of hydrogen-bond acceptors (Lipinski definition) is 4. The Bertz CT molecular complexity index is 421. The smallest absolute Gasteiger partial charge is 0.126 e. The number of nitrogens with zero attached hydrogens (tertiary/aromatic N) is 2. The van der Waals surface area contributed by atoms with E-state index in [9.17, 15) is 0 Å². The summed E-state index contributed by atoms with van der Waals surface area (Å²) in [6.45, 7) is 5.47. The molecule has 0 spiro atoms. The van der Waals surface area contributed by atoms with E-state index in [-0.39, 0.29) is 0 Å². The predicted molar refractivity (Wildman–Crippen MR) is 78.9 cm³/mol. The van der Waals surface area contributed by atoms with Gasteiger partial charge in [0, 0.05) is 24.3 Å². The monoisotopic (exact) mass is 264 g/mol. The summed E-state index contributed by atoms with van der Waals surface area (Å²) >= 11 is 4.96. The quantitative estimate of drug-likeness (QED) is 0.791. The molecule has 1 aromatic rings. The van der Waals surface area contributed by atoms with Gasteiger partial charge in [-0.3, -0.25) is 4.90 Å². The fourth-order valence-corrected chi connectivity index (χ4v) is 2.57. The predicted octanol–water partition coefficient (Wildman–Crippen LogP) is 1.61. The molecule has 1 atom stereocenters. The molecule has 4 nitrogen and oxygen atoms in total. The highest BCUT2D eigenvalue weighted by atomic mass is 32.1. The molecule has 98 valence electrons. The number of anilines is 1. The lowest BCUT2D eigenvalue weighted by Crippen LogP contribution is -2.34. The van der Waals surface area contributed by atoms with Crippen LogP contribution in [0, 0.1) is 0 Å². The first kappa shape index (κ1) is 13.2. The van der Waals surface area contributed by atoms with Gasteiger partial charge in [-0.2, -0.15) is 0 Å². The highest BCUT2D eigenvalue weighted by Gasteiger charge is 2.22. The summed E-state index contributed by atoms with van der Waals surface area (Å²) in [6.07, 6.45) is 4.29. The number of likely N-dealkylation sites (tertiary alicyclic amines) is 1. The molecule has 1 aliphatic heterocycles. The molecule has 0 saturated carbocycles. The van der Waals surface area contributed by atoms with Crippen LogP contribution in [0.4, 0.5) is 5.82 Å². The molecule has 0 bridgehead atoms. The summed E-state index contributed by atoms with van der Waals surface area (Å²) in [7, 11) is 0. The van der Waals surface area contributed by atoms with E-state index in [0.717, 1.165) is 24.5 Å². The Balaban J connectivity index is 1.93. The van der Waals surface area contributed by atoms with E-state index >= 15 is 0 Å². The summed E-state index contributed by atoms with van der Waals surface area (Å²) in [4.78, 5) is 7.21. The van der Waals surface area contributed by atoms with E-state index in [2.05, 4.69) is 22.1 Å². The standard InChI is InChI=1S/C13H20N4S/c1-2-17-7-3-4-11(17)9-16-12-8-10(13(14)18)5-6-15-12/h5-6,8,11H,2-4,7,9H2,1H3,(H2,14,18)(H,15,16). The molecule has 18 heavy (non-hydrogen) atoms. The van der Waals surface area contributed by atoms with Gasteiger partial charge in [-0.15, -0.1) is 0 Å². The molecule has 0 radical (unpaired) electrons. The summed E-state index contributed by atoms with van der Waals surface area (Å²) in [5.74, 6) is 0.850. The maximum atomic E-state index is 5.61. The molecule has 5 heteroatoms. The molecule has 0 aromatic carbocycles. The Morgan fingerprint density at radius 2 is 2.50 bits per heavy atom. The van der Waals surface area contributed by atoms with Gasteiger partial charge in [0.05, 0.1) is 0 Å². The topological polar surface area (TPSA) is 54.2 Å². The number of rotatable bonds is 5. The maximum absolute atomic E-state index is 5.61. The number of hydrogen-bond donors (Lipinski definition) is 2. The van der Waals surface area contributed by atoms with Crippen molar-refractivity contribution in [3.63, 3.8) is 0 Å². The molecule has 0 amide bonds. The van der Waals surface area contributed by atoms with Crippen molar-refractivity contribution in [3.8, 4) is 0 Å². The average molecular weight is 264 g/mol. The van der Waals surface area contributed by atoms with Crippen LogP contribution in [-0.4, -0.2) is 40.5 Å². The van der Waals surface area contributed by atoms with Crippen molar-refractivity contribution in [1.82, 2.24) is 9.88 Å². The van der Waals surface area contributed by atoms with Crippen LogP contribution in [0.25, 0.3) is 0 Å². The second kappa shape index (κ2) is 6.11. The van der Waals surface area contributed by atoms with Crippen molar-refractivity contribution in [3.05, 3.63) is 23.9 Å². The van der Waals surface area contributed by atoms with E-state index in [1.54, 1.807) is 6.20 Å². The van der Waals surface area contributed by atoms with Gasteiger partial charge >= 0.3 is 0 Å². The third-order valence-corrected chi connectivity index (χ3v) is 3.70. The molecule has 1 aliphatic rings. The Kier molecular flexibility index (Phi) is 4.49. The van der Waals surface area contributed by atoms with Gasteiger partial charge in [-0.1, -0.05) is 19.1 Å². The van der Waals surface area contributed by atoms with Crippen LogP contribution in [-0.2, 0) is 0 Å².